The van der Waals surface area contributed by atoms with Gasteiger partial charge in [0.1, 0.15) is 0 Å². The maximum absolute atomic E-state index is 12.5. The highest BCUT2D eigenvalue weighted by Gasteiger charge is 2.50. The van der Waals surface area contributed by atoms with Crippen LogP contribution in [0, 0.1) is 23.2 Å². The van der Waals surface area contributed by atoms with Gasteiger partial charge < -0.3 is 19.8 Å². The van der Waals surface area contributed by atoms with Crippen molar-refractivity contribution >= 4 is 0 Å². The molecule has 1 heterocycles. The molecule has 32 heavy (non-hydrogen) atoms. The molecule has 0 aromatic carbocycles. The highest BCUT2D eigenvalue weighted by Crippen LogP contribution is 2.59. The Bertz CT molecular complexity index is 699. The topological polar surface area (TPSA) is 52.9 Å². The number of halogens is 2. The molecule has 4 aliphatic rings. The van der Waals surface area contributed by atoms with E-state index in [-0.39, 0.29) is 6.10 Å². The number of alkyl halides is 2. The first kappa shape index (κ1) is 24.3. The van der Waals surface area contributed by atoms with E-state index >= 15 is 0 Å². The normalized spacial score (nSPS) is 40.8. The second-order valence-electron chi connectivity index (χ2n) is 11.2. The van der Waals surface area contributed by atoms with Crippen LogP contribution < -0.4 is 0 Å². The van der Waals surface area contributed by atoms with E-state index in [4.69, 9.17) is 4.74 Å². The number of allylic oxidation sites excluding steroid dienone is 3. The lowest BCUT2D eigenvalue weighted by Gasteiger charge is -2.45. The van der Waals surface area contributed by atoms with Crippen molar-refractivity contribution in [2.45, 2.75) is 96.6 Å². The molecular weight excluding hydrogens is 412 g/mol. The summed E-state index contributed by atoms with van der Waals surface area (Å²) in [5.74, 6) is 1.79. The Balaban J connectivity index is 1.39. The van der Waals surface area contributed by atoms with Gasteiger partial charge in [-0.2, -0.15) is 8.78 Å². The predicted molar refractivity (Wildman–Crippen MR) is 121 cm³/mol. The summed E-state index contributed by atoms with van der Waals surface area (Å²) in [7, 11) is 0. The summed E-state index contributed by atoms with van der Waals surface area (Å²) in [5.41, 5.74) is 3.00. The minimum Gasteiger partial charge on any atom is -0.393 e. The van der Waals surface area contributed by atoms with E-state index in [9.17, 15) is 19.0 Å². The average molecular weight is 454 g/mol. The van der Waals surface area contributed by atoms with Gasteiger partial charge in [-0.25, -0.2) is 0 Å². The molecule has 1 aliphatic heterocycles. The molecule has 3 aliphatic carbocycles. The number of likely N-dealkylation sites (tertiary alicyclic amines) is 1. The van der Waals surface area contributed by atoms with Gasteiger partial charge in [-0.15, -0.1) is 0 Å². The first-order chi connectivity index (χ1) is 15.2. The summed E-state index contributed by atoms with van der Waals surface area (Å²) in [6.07, 6.45) is 11.9. The Morgan fingerprint density at radius 1 is 1.16 bits per heavy atom. The molecule has 4 fully saturated rings. The van der Waals surface area contributed by atoms with Crippen LogP contribution in [0.2, 0.25) is 0 Å². The van der Waals surface area contributed by atoms with Crippen LogP contribution in [-0.4, -0.2) is 59.7 Å². The summed E-state index contributed by atoms with van der Waals surface area (Å²) in [6, 6.07) is 0. The largest absolute Gasteiger partial charge is 0.393 e. The SMILES string of the molecule is C[C@H](CN1CC[C@H](OC(F)F)C1)[C@H]1CC[C@H]2/C(=C/C=C3C[C@@H](O)C[C@H](O)C3)CCC[C@]12C. The molecule has 2 N–H and O–H groups in total. The minimum atomic E-state index is -2.67. The molecule has 3 saturated carbocycles. The van der Waals surface area contributed by atoms with Crippen molar-refractivity contribution in [3.05, 3.63) is 23.3 Å². The minimum absolute atomic E-state index is 0.298. The Morgan fingerprint density at radius 3 is 2.62 bits per heavy atom. The second-order valence-corrected chi connectivity index (χ2v) is 11.2. The van der Waals surface area contributed by atoms with Crippen molar-refractivity contribution in [2.24, 2.45) is 23.2 Å². The summed E-state index contributed by atoms with van der Waals surface area (Å²) >= 11 is 0. The lowest BCUT2D eigenvalue weighted by molar-refractivity contribution is -0.158. The van der Waals surface area contributed by atoms with Crippen LogP contribution in [0.4, 0.5) is 8.78 Å². The first-order valence-corrected chi connectivity index (χ1v) is 12.6. The zero-order valence-corrected chi connectivity index (χ0v) is 19.7. The maximum atomic E-state index is 12.5. The third-order valence-electron chi connectivity index (χ3n) is 8.87. The van der Waals surface area contributed by atoms with Crippen molar-refractivity contribution in [2.75, 3.05) is 19.6 Å². The van der Waals surface area contributed by atoms with Gasteiger partial charge in [-0.3, -0.25) is 0 Å². The number of hydrogen-bond donors (Lipinski definition) is 2. The van der Waals surface area contributed by atoms with Crippen LogP contribution in [-0.2, 0) is 4.74 Å². The third-order valence-corrected chi connectivity index (χ3v) is 8.87. The zero-order chi connectivity index (χ0) is 22.9. The number of aliphatic hydroxyl groups is 2. The lowest BCUT2D eigenvalue weighted by atomic mass is 9.61. The van der Waals surface area contributed by atoms with Crippen LogP contribution in [0.3, 0.4) is 0 Å². The van der Waals surface area contributed by atoms with Gasteiger partial charge in [0, 0.05) is 19.6 Å². The average Bonchev–Trinajstić information content (AvgIpc) is 3.28. The number of aliphatic hydroxyl groups excluding tert-OH is 2. The molecule has 0 unspecified atom stereocenters. The van der Waals surface area contributed by atoms with Crippen LogP contribution in [0.1, 0.15) is 71.6 Å². The van der Waals surface area contributed by atoms with E-state index in [0.29, 0.717) is 55.4 Å². The molecular formula is C26H41F2NO3. The van der Waals surface area contributed by atoms with Crippen molar-refractivity contribution in [3.8, 4) is 0 Å². The molecule has 0 aromatic rings. The molecule has 4 rings (SSSR count). The van der Waals surface area contributed by atoms with Crippen molar-refractivity contribution in [1.82, 2.24) is 4.90 Å². The van der Waals surface area contributed by atoms with Crippen LogP contribution in [0.15, 0.2) is 23.3 Å². The van der Waals surface area contributed by atoms with E-state index in [0.717, 1.165) is 25.1 Å². The Morgan fingerprint density at radius 2 is 1.91 bits per heavy atom. The number of ether oxygens (including phenoxy) is 1. The zero-order valence-electron chi connectivity index (χ0n) is 19.7. The lowest BCUT2D eigenvalue weighted by Crippen LogP contribution is -2.39. The van der Waals surface area contributed by atoms with E-state index < -0.39 is 18.8 Å². The molecule has 1 saturated heterocycles. The molecule has 0 aromatic heterocycles. The fourth-order valence-corrected chi connectivity index (χ4v) is 7.50. The fraction of sp³-hybridized carbons (Fsp3) is 0.846. The predicted octanol–water partition coefficient (Wildman–Crippen LogP) is 4.91. The standard InChI is InChI=1S/C26H41F2NO3/c1-17(15-29-11-9-22(16-29)32-25(27)28)23-7-8-24-19(4-3-10-26(23,24)2)6-5-18-12-20(30)14-21(31)13-18/h5-6,17,20-25,30-31H,3-4,7-16H2,1-2H3/b19-6+/t17-,20-,21-,22+,23-,24+,26-/m1/s1. The molecule has 4 nitrogen and oxygen atoms in total. The molecule has 0 bridgehead atoms. The molecule has 7 atom stereocenters. The van der Waals surface area contributed by atoms with Gasteiger partial charge in [0.2, 0.25) is 0 Å². The van der Waals surface area contributed by atoms with Crippen LogP contribution in [0.25, 0.3) is 0 Å². The molecule has 0 radical (unpaired) electrons. The third kappa shape index (κ3) is 5.45. The van der Waals surface area contributed by atoms with E-state index in [2.05, 4.69) is 30.9 Å². The van der Waals surface area contributed by atoms with Crippen LogP contribution >= 0.6 is 0 Å². The van der Waals surface area contributed by atoms with Crippen molar-refractivity contribution in [3.63, 3.8) is 0 Å². The van der Waals surface area contributed by atoms with Gasteiger partial charge >= 0.3 is 6.61 Å². The molecule has 182 valence electrons. The number of rotatable bonds is 6. The number of nitrogens with zero attached hydrogens (tertiary/aromatic N) is 1. The molecule has 0 amide bonds. The van der Waals surface area contributed by atoms with Crippen molar-refractivity contribution < 1.29 is 23.7 Å². The van der Waals surface area contributed by atoms with E-state index in [1.165, 1.54) is 25.7 Å². The summed E-state index contributed by atoms with van der Waals surface area (Å²) in [4.78, 5) is 2.32. The van der Waals surface area contributed by atoms with Crippen molar-refractivity contribution in [1.29, 1.82) is 0 Å². The summed E-state index contributed by atoms with van der Waals surface area (Å²) in [5, 5.41) is 20.0. The highest BCUT2D eigenvalue weighted by atomic mass is 19.3. The highest BCUT2D eigenvalue weighted by molar-refractivity contribution is 5.26. The van der Waals surface area contributed by atoms with Gasteiger partial charge in [-0.05, 0) is 81.0 Å². The second kappa shape index (κ2) is 10.2. The molecule has 0 spiro atoms. The summed E-state index contributed by atoms with van der Waals surface area (Å²) < 4.78 is 29.8. The quantitative estimate of drug-likeness (QED) is 0.600. The molecule has 6 heteroatoms. The van der Waals surface area contributed by atoms with Gasteiger partial charge in [0.05, 0.1) is 18.3 Å². The van der Waals surface area contributed by atoms with Crippen LogP contribution in [0.5, 0.6) is 0 Å². The van der Waals surface area contributed by atoms with Gasteiger partial charge in [0.15, 0.2) is 0 Å². The Hall–Kier alpha value is -0.820. The fourth-order valence-electron chi connectivity index (χ4n) is 7.50. The Labute approximate surface area is 191 Å². The monoisotopic (exact) mass is 453 g/mol. The maximum Gasteiger partial charge on any atom is 0.345 e. The smallest absolute Gasteiger partial charge is 0.345 e. The van der Waals surface area contributed by atoms with E-state index in [1.807, 2.05) is 0 Å². The summed E-state index contributed by atoms with van der Waals surface area (Å²) in [6.45, 7) is 4.60. The number of fused-ring (bicyclic) bond motifs is 1. The van der Waals surface area contributed by atoms with E-state index in [1.54, 1.807) is 5.57 Å². The van der Waals surface area contributed by atoms with Gasteiger partial charge in [0.25, 0.3) is 0 Å². The first-order valence-electron chi connectivity index (χ1n) is 12.6. The Kier molecular flexibility index (Phi) is 7.75. The number of hydrogen-bond acceptors (Lipinski definition) is 4. The van der Waals surface area contributed by atoms with Gasteiger partial charge in [-0.1, -0.05) is 37.1 Å².